The van der Waals surface area contributed by atoms with Gasteiger partial charge in [-0.3, -0.25) is 0 Å². The van der Waals surface area contributed by atoms with E-state index in [4.69, 9.17) is 9.47 Å². The van der Waals surface area contributed by atoms with Gasteiger partial charge in [0.05, 0.1) is 4.90 Å². The maximum Gasteiger partial charge on any atom is 0.240 e. The number of benzene rings is 2. The Kier molecular flexibility index (Phi) is 5.27. The van der Waals surface area contributed by atoms with Crippen molar-refractivity contribution in [2.24, 2.45) is 0 Å². The fourth-order valence-corrected chi connectivity index (χ4v) is 3.79. The minimum Gasteiger partial charge on any atom is -0.486 e. The van der Waals surface area contributed by atoms with Crippen LogP contribution in [0.25, 0.3) is 0 Å². The summed E-state index contributed by atoms with van der Waals surface area (Å²) in [7, 11) is 0.211. The normalized spacial score (nSPS) is 15.2. The van der Waals surface area contributed by atoms with Gasteiger partial charge in [-0.05, 0) is 31.8 Å². The van der Waals surface area contributed by atoms with Gasteiger partial charge in [0, 0.05) is 18.7 Å². The van der Waals surface area contributed by atoms with Crippen LogP contribution in [0.5, 0.6) is 11.5 Å². The minimum absolute atomic E-state index is 0.0619. The summed E-state index contributed by atoms with van der Waals surface area (Å²) < 4.78 is 38.9. The lowest BCUT2D eigenvalue weighted by molar-refractivity contribution is 0.171. The first-order valence-corrected chi connectivity index (χ1v) is 9.56. The largest absolute Gasteiger partial charge is 0.486 e. The van der Waals surface area contributed by atoms with Crippen molar-refractivity contribution in [1.82, 2.24) is 9.62 Å². The number of rotatable bonds is 6. The molecule has 0 fully saturated rings. The van der Waals surface area contributed by atoms with Gasteiger partial charge in [0.15, 0.2) is 11.5 Å². The van der Waals surface area contributed by atoms with Gasteiger partial charge in [-0.25, -0.2) is 13.1 Å². The predicted molar refractivity (Wildman–Crippen MR) is 95.5 cm³/mol. The van der Waals surface area contributed by atoms with Crippen LogP contribution >= 0.6 is 0 Å². The average Bonchev–Trinajstić information content (AvgIpc) is 2.62. The van der Waals surface area contributed by atoms with Crippen LogP contribution in [0, 0.1) is 0 Å². The second-order valence-electron chi connectivity index (χ2n) is 6.05. The van der Waals surface area contributed by atoms with Gasteiger partial charge in [0.2, 0.25) is 10.0 Å². The van der Waals surface area contributed by atoms with Crippen LogP contribution in [0.15, 0.2) is 53.4 Å². The zero-order chi connectivity index (χ0) is 17.9. The van der Waals surface area contributed by atoms with E-state index >= 15 is 0 Å². The molecule has 1 atom stereocenters. The van der Waals surface area contributed by atoms with E-state index in [1.54, 1.807) is 6.07 Å². The number of likely N-dealkylation sites (N-methyl/N-ethyl adjacent to an activating group) is 1. The molecule has 134 valence electrons. The number of hydrogen-bond acceptors (Lipinski definition) is 5. The van der Waals surface area contributed by atoms with E-state index in [-0.39, 0.29) is 17.5 Å². The van der Waals surface area contributed by atoms with Crippen molar-refractivity contribution in [3.63, 3.8) is 0 Å². The molecular formula is C18H22N2O4S. The van der Waals surface area contributed by atoms with E-state index in [1.165, 1.54) is 12.1 Å². The molecule has 2 aromatic carbocycles. The monoisotopic (exact) mass is 362 g/mol. The summed E-state index contributed by atoms with van der Waals surface area (Å²) in [6, 6.07) is 14.4. The van der Waals surface area contributed by atoms with Crippen molar-refractivity contribution < 1.29 is 17.9 Å². The molecule has 0 saturated heterocycles. The number of nitrogens with zero attached hydrogens (tertiary/aromatic N) is 1. The van der Waals surface area contributed by atoms with Crippen LogP contribution in [0.4, 0.5) is 0 Å². The molecule has 7 heteroatoms. The van der Waals surface area contributed by atoms with E-state index < -0.39 is 10.0 Å². The van der Waals surface area contributed by atoms with Crippen molar-refractivity contribution in [1.29, 1.82) is 0 Å². The highest BCUT2D eigenvalue weighted by Gasteiger charge is 2.22. The third kappa shape index (κ3) is 4.12. The van der Waals surface area contributed by atoms with Crippen molar-refractivity contribution in [2.45, 2.75) is 10.9 Å². The molecule has 6 nitrogen and oxygen atoms in total. The number of hydrogen-bond donors (Lipinski definition) is 1. The fraction of sp³-hybridized carbons (Fsp3) is 0.333. The summed E-state index contributed by atoms with van der Waals surface area (Å²) in [5.41, 5.74) is 1.05. The van der Waals surface area contributed by atoms with Gasteiger partial charge >= 0.3 is 0 Å². The van der Waals surface area contributed by atoms with Gasteiger partial charge in [0.25, 0.3) is 0 Å². The SMILES string of the molecule is CN(C)[C@@H](CNS(=O)(=O)c1ccc2c(c1)OCCO2)c1ccccc1. The molecule has 0 bridgehead atoms. The maximum atomic E-state index is 12.7. The molecule has 0 unspecified atom stereocenters. The molecule has 0 radical (unpaired) electrons. The Labute approximate surface area is 148 Å². The van der Waals surface area contributed by atoms with Crippen LogP contribution in [-0.2, 0) is 10.0 Å². The highest BCUT2D eigenvalue weighted by atomic mass is 32.2. The first kappa shape index (κ1) is 17.7. The van der Waals surface area contributed by atoms with Crippen molar-refractivity contribution in [2.75, 3.05) is 33.9 Å². The molecule has 0 amide bonds. The summed E-state index contributed by atoms with van der Waals surface area (Å²) in [5, 5.41) is 0. The lowest BCUT2D eigenvalue weighted by atomic mass is 10.1. The number of sulfonamides is 1. The third-order valence-electron chi connectivity index (χ3n) is 4.10. The van der Waals surface area contributed by atoms with E-state index in [9.17, 15) is 8.42 Å². The number of nitrogens with one attached hydrogen (secondary N) is 1. The molecule has 1 aliphatic heterocycles. The zero-order valence-electron chi connectivity index (χ0n) is 14.3. The van der Waals surface area contributed by atoms with Gasteiger partial charge in [-0.2, -0.15) is 0 Å². The molecule has 25 heavy (non-hydrogen) atoms. The van der Waals surface area contributed by atoms with E-state index in [0.29, 0.717) is 24.7 Å². The second kappa shape index (κ2) is 7.43. The maximum absolute atomic E-state index is 12.7. The van der Waals surface area contributed by atoms with Crippen LogP contribution in [-0.4, -0.2) is 47.2 Å². The molecule has 1 N–H and O–H groups in total. The van der Waals surface area contributed by atoms with E-state index in [2.05, 4.69) is 4.72 Å². The Balaban J connectivity index is 1.77. The van der Waals surface area contributed by atoms with Crippen LogP contribution < -0.4 is 14.2 Å². The lowest BCUT2D eigenvalue weighted by Crippen LogP contribution is -2.34. The molecule has 0 spiro atoms. The van der Waals surface area contributed by atoms with Crippen molar-refractivity contribution in [3.8, 4) is 11.5 Å². The zero-order valence-corrected chi connectivity index (χ0v) is 15.1. The highest BCUT2D eigenvalue weighted by molar-refractivity contribution is 7.89. The lowest BCUT2D eigenvalue weighted by Gasteiger charge is -2.25. The Bertz CT molecular complexity index is 822. The Morgan fingerprint density at radius 1 is 1.04 bits per heavy atom. The molecule has 1 aliphatic rings. The third-order valence-corrected chi connectivity index (χ3v) is 5.52. The van der Waals surface area contributed by atoms with Gasteiger partial charge < -0.3 is 14.4 Å². The fourth-order valence-electron chi connectivity index (χ4n) is 2.74. The number of fused-ring (bicyclic) bond motifs is 1. The smallest absolute Gasteiger partial charge is 0.240 e. The highest BCUT2D eigenvalue weighted by Crippen LogP contribution is 2.32. The molecular weight excluding hydrogens is 340 g/mol. The molecule has 2 aromatic rings. The molecule has 0 aromatic heterocycles. The summed E-state index contributed by atoms with van der Waals surface area (Å²) in [6.07, 6.45) is 0. The van der Waals surface area contributed by atoms with Gasteiger partial charge in [0.1, 0.15) is 13.2 Å². The quantitative estimate of drug-likeness (QED) is 0.852. The van der Waals surface area contributed by atoms with E-state index in [0.717, 1.165) is 5.56 Å². The topological polar surface area (TPSA) is 67.9 Å². The molecule has 3 rings (SSSR count). The molecule has 0 saturated carbocycles. The van der Waals surface area contributed by atoms with E-state index in [1.807, 2.05) is 49.3 Å². The predicted octanol–water partition coefficient (Wildman–Crippen LogP) is 2.04. The Morgan fingerprint density at radius 2 is 1.72 bits per heavy atom. The van der Waals surface area contributed by atoms with Crippen molar-refractivity contribution >= 4 is 10.0 Å². The Hall–Kier alpha value is -2.09. The Morgan fingerprint density at radius 3 is 2.40 bits per heavy atom. The summed E-state index contributed by atoms with van der Waals surface area (Å²) in [4.78, 5) is 2.16. The number of ether oxygens (including phenoxy) is 2. The van der Waals surface area contributed by atoms with Crippen LogP contribution in [0.3, 0.4) is 0 Å². The first-order valence-electron chi connectivity index (χ1n) is 8.08. The second-order valence-corrected chi connectivity index (χ2v) is 7.81. The first-order chi connectivity index (χ1) is 12.0. The van der Waals surface area contributed by atoms with Gasteiger partial charge in [-0.15, -0.1) is 0 Å². The van der Waals surface area contributed by atoms with Crippen LogP contribution in [0.1, 0.15) is 11.6 Å². The summed E-state index contributed by atoms with van der Waals surface area (Å²) in [5.74, 6) is 1.03. The standard InChI is InChI=1S/C18H22N2O4S/c1-20(2)16(14-6-4-3-5-7-14)13-19-25(21,22)15-8-9-17-18(12-15)24-11-10-23-17/h3-9,12,16,19H,10-11,13H2,1-2H3/t16-/m0/s1. The summed E-state index contributed by atoms with van der Waals surface area (Å²) in [6.45, 7) is 1.16. The molecule has 1 heterocycles. The van der Waals surface area contributed by atoms with Gasteiger partial charge in [-0.1, -0.05) is 30.3 Å². The minimum atomic E-state index is -3.64. The summed E-state index contributed by atoms with van der Waals surface area (Å²) >= 11 is 0. The molecule has 0 aliphatic carbocycles. The van der Waals surface area contributed by atoms with Crippen LogP contribution in [0.2, 0.25) is 0 Å². The average molecular weight is 362 g/mol. The van der Waals surface area contributed by atoms with Crippen molar-refractivity contribution in [3.05, 3.63) is 54.1 Å².